The van der Waals surface area contributed by atoms with Crippen LogP contribution < -0.4 is 15.4 Å². The Labute approximate surface area is 153 Å². The number of hydrogen-bond acceptors (Lipinski definition) is 3. The molecule has 0 aromatic heterocycles. The summed E-state index contributed by atoms with van der Waals surface area (Å²) in [6.45, 7) is -0.220. The highest BCUT2D eigenvalue weighted by Crippen LogP contribution is 2.23. The van der Waals surface area contributed by atoms with Crippen LogP contribution in [0.3, 0.4) is 0 Å². The summed E-state index contributed by atoms with van der Waals surface area (Å²) in [7, 11) is 0. The number of ether oxygens (including phenoxy) is 1. The molecule has 0 spiro atoms. The lowest BCUT2D eigenvalue weighted by Crippen LogP contribution is -2.37. The largest absolute Gasteiger partial charge is 0.482 e. The molecule has 0 heterocycles. The molecule has 120 valence electrons. The van der Waals surface area contributed by atoms with Gasteiger partial charge in [-0.2, -0.15) is 0 Å². The summed E-state index contributed by atoms with van der Waals surface area (Å²) in [5, 5.41) is 6.74. The number of carbonyl (C=O) groups excluding carboxylic acids is 1. The van der Waals surface area contributed by atoms with Gasteiger partial charge in [-0.15, -0.1) is 0 Å². The van der Waals surface area contributed by atoms with Gasteiger partial charge in [0.05, 0.1) is 5.02 Å². The van der Waals surface area contributed by atoms with E-state index in [9.17, 15) is 4.79 Å². The van der Waals surface area contributed by atoms with Gasteiger partial charge in [-0.05, 0) is 42.5 Å². The molecule has 0 aliphatic rings. The van der Waals surface area contributed by atoms with E-state index in [1.54, 1.807) is 42.5 Å². The third-order valence-electron chi connectivity index (χ3n) is 2.57. The molecule has 0 saturated heterocycles. The quantitative estimate of drug-likeness (QED) is 0.754. The fourth-order valence-electron chi connectivity index (χ4n) is 1.66. The molecular formula is C15H11Cl3N2O2S. The van der Waals surface area contributed by atoms with Gasteiger partial charge in [-0.25, -0.2) is 0 Å². The Morgan fingerprint density at radius 3 is 2.39 bits per heavy atom. The molecule has 0 saturated carbocycles. The van der Waals surface area contributed by atoms with Crippen LogP contribution in [0.25, 0.3) is 0 Å². The summed E-state index contributed by atoms with van der Waals surface area (Å²) >= 11 is 22.7. The number of carbonyl (C=O) groups is 1. The number of nitrogens with one attached hydrogen (secondary N) is 2. The third-order valence-corrected chi connectivity index (χ3v) is 3.52. The summed E-state index contributed by atoms with van der Waals surface area (Å²) < 4.78 is 5.31. The summed E-state index contributed by atoms with van der Waals surface area (Å²) in [6, 6.07) is 11.7. The maximum atomic E-state index is 11.8. The van der Waals surface area contributed by atoms with Gasteiger partial charge in [0.1, 0.15) is 5.75 Å². The van der Waals surface area contributed by atoms with Gasteiger partial charge in [0.2, 0.25) is 0 Å². The fraction of sp³-hybridized carbons (Fsp3) is 0.0667. The number of anilines is 1. The minimum atomic E-state index is -0.421. The van der Waals surface area contributed by atoms with Gasteiger partial charge in [0, 0.05) is 15.7 Å². The highest BCUT2D eigenvalue weighted by atomic mass is 35.5. The zero-order valence-electron chi connectivity index (χ0n) is 11.6. The van der Waals surface area contributed by atoms with E-state index in [1.165, 1.54) is 0 Å². The summed E-state index contributed by atoms with van der Waals surface area (Å²) in [5.41, 5.74) is 0.569. The second-order valence-electron chi connectivity index (χ2n) is 4.38. The number of thiocarbonyl (C=S) groups is 1. The Bertz CT molecular complexity index is 720. The number of hydrogen-bond donors (Lipinski definition) is 2. The van der Waals surface area contributed by atoms with E-state index >= 15 is 0 Å². The molecule has 0 unspecified atom stereocenters. The molecule has 0 fully saturated rings. The first-order valence-electron chi connectivity index (χ1n) is 6.38. The molecule has 1 amide bonds. The lowest BCUT2D eigenvalue weighted by atomic mass is 10.3. The predicted octanol–water partition coefficient (Wildman–Crippen LogP) is 4.54. The summed E-state index contributed by atoms with van der Waals surface area (Å²) in [5.74, 6) is 0.000335. The zero-order valence-corrected chi connectivity index (χ0v) is 14.7. The molecule has 0 bridgehead atoms. The van der Waals surface area contributed by atoms with Crippen LogP contribution in [0.2, 0.25) is 15.1 Å². The monoisotopic (exact) mass is 388 g/mol. The Balaban J connectivity index is 1.85. The first-order chi connectivity index (χ1) is 10.9. The Morgan fingerprint density at radius 1 is 1.09 bits per heavy atom. The number of para-hydroxylation sites is 1. The molecule has 4 nitrogen and oxygen atoms in total. The smallest absolute Gasteiger partial charge is 0.264 e. The van der Waals surface area contributed by atoms with Crippen molar-refractivity contribution in [1.82, 2.24) is 5.32 Å². The average molecular weight is 390 g/mol. The second-order valence-corrected chi connectivity index (χ2v) is 6.07. The van der Waals surface area contributed by atoms with Crippen molar-refractivity contribution in [1.29, 1.82) is 0 Å². The molecule has 0 atom stereocenters. The molecule has 2 aromatic carbocycles. The third kappa shape index (κ3) is 5.88. The minimum absolute atomic E-state index is 0.107. The maximum Gasteiger partial charge on any atom is 0.264 e. The standard InChI is InChI=1S/C15H11Cl3N2O2S/c16-9-5-10(17)7-11(6-9)19-15(23)20-14(21)8-22-13-4-2-1-3-12(13)18/h1-7H,8H2,(H2,19,20,21,23). The van der Waals surface area contributed by atoms with E-state index in [-0.39, 0.29) is 11.7 Å². The molecular weight excluding hydrogens is 379 g/mol. The van der Waals surface area contributed by atoms with Crippen LogP contribution in [-0.2, 0) is 4.79 Å². The fourth-order valence-corrected chi connectivity index (χ4v) is 2.60. The lowest BCUT2D eigenvalue weighted by Gasteiger charge is -2.11. The van der Waals surface area contributed by atoms with Gasteiger partial charge in [-0.1, -0.05) is 46.9 Å². The Kier molecular flexibility index (Phi) is 6.47. The van der Waals surface area contributed by atoms with Crippen molar-refractivity contribution in [2.24, 2.45) is 0 Å². The summed E-state index contributed by atoms with van der Waals surface area (Å²) in [6.07, 6.45) is 0. The SMILES string of the molecule is O=C(COc1ccccc1Cl)NC(=S)Nc1cc(Cl)cc(Cl)c1. The highest BCUT2D eigenvalue weighted by molar-refractivity contribution is 7.80. The molecule has 2 aromatic rings. The molecule has 23 heavy (non-hydrogen) atoms. The van der Waals surface area contributed by atoms with Crippen LogP contribution in [0.4, 0.5) is 5.69 Å². The van der Waals surface area contributed by atoms with Crippen LogP contribution in [0.5, 0.6) is 5.75 Å². The van der Waals surface area contributed by atoms with E-state index in [0.717, 1.165) is 0 Å². The van der Waals surface area contributed by atoms with Crippen molar-refractivity contribution in [3.63, 3.8) is 0 Å². The molecule has 0 aliphatic carbocycles. The zero-order chi connectivity index (χ0) is 16.8. The van der Waals surface area contributed by atoms with E-state index in [1.807, 2.05) is 0 Å². The van der Waals surface area contributed by atoms with Crippen LogP contribution in [0.15, 0.2) is 42.5 Å². The van der Waals surface area contributed by atoms with Crippen molar-refractivity contribution in [3.8, 4) is 5.75 Å². The molecule has 8 heteroatoms. The average Bonchev–Trinajstić information content (AvgIpc) is 2.45. The van der Waals surface area contributed by atoms with E-state index < -0.39 is 5.91 Å². The second kappa shape index (κ2) is 8.36. The van der Waals surface area contributed by atoms with Crippen LogP contribution in [0, 0.1) is 0 Å². The van der Waals surface area contributed by atoms with Gasteiger partial charge >= 0.3 is 0 Å². The van der Waals surface area contributed by atoms with Gasteiger partial charge in [-0.3, -0.25) is 10.1 Å². The van der Waals surface area contributed by atoms with Crippen LogP contribution in [0.1, 0.15) is 0 Å². The van der Waals surface area contributed by atoms with Crippen molar-refractivity contribution >= 4 is 63.7 Å². The van der Waals surface area contributed by atoms with Crippen LogP contribution >= 0.6 is 47.0 Å². The van der Waals surface area contributed by atoms with E-state index in [4.69, 9.17) is 51.8 Å². The van der Waals surface area contributed by atoms with E-state index in [0.29, 0.717) is 26.5 Å². The Morgan fingerprint density at radius 2 is 1.74 bits per heavy atom. The van der Waals surface area contributed by atoms with Crippen molar-refractivity contribution < 1.29 is 9.53 Å². The number of rotatable bonds is 4. The van der Waals surface area contributed by atoms with Crippen molar-refractivity contribution in [3.05, 3.63) is 57.5 Å². The first kappa shape index (κ1) is 17.8. The topological polar surface area (TPSA) is 50.4 Å². The summed E-state index contributed by atoms with van der Waals surface area (Å²) in [4.78, 5) is 11.8. The van der Waals surface area contributed by atoms with Gasteiger partial charge < -0.3 is 10.1 Å². The molecule has 2 N–H and O–H groups in total. The number of amides is 1. The number of halogens is 3. The van der Waals surface area contributed by atoms with Gasteiger partial charge in [0.25, 0.3) is 5.91 Å². The lowest BCUT2D eigenvalue weighted by molar-refractivity contribution is -0.121. The van der Waals surface area contributed by atoms with Crippen LogP contribution in [-0.4, -0.2) is 17.6 Å². The molecule has 0 radical (unpaired) electrons. The predicted molar refractivity (Wildman–Crippen MR) is 97.8 cm³/mol. The maximum absolute atomic E-state index is 11.8. The first-order valence-corrected chi connectivity index (χ1v) is 7.92. The van der Waals surface area contributed by atoms with Crippen molar-refractivity contribution in [2.45, 2.75) is 0 Å². The van der Waals surface area contributed by atoms with Crippen molar-refractivity contribution in [2.75, 3.05) is 11.9 Å². The number of benzene rings is 2. The normalized spacial score (nSPS) is 10.0. The minimum Gasteiger partial charge on any atom is -0.482 e. The molecule has 0 aliphatic heterocycles. The van der Waals surface area contributed by atoms with E-state index in [2.05, 4.69) is 10.6 Å². The Hall–Kier alpha value is -1.53. The molecule has 2 rings (SSSR count). The van der Waals surface area contributed by atoms with Gasteiger partial charge in [0.15, 0.2) is 11.7 Å². The highest BCUT2D eigenvalue weighted by Gasteiger charge is 2.08.